The SMILES string of the molecule is CC.CC.CONC(=O)C(F)OC. The molecular weight excluding hydrogens is 177 g/mol. The van der Waals surface area contributed by atoms with Gasteiger partial charge >= 0.3 is 5.91 Å². The van der Waals surface area contributed by atoms with E-state index in [1.165, 1.54) is 7.11 Å². The molecule has 0 heterocycles. The molecule has 0 aliphatic heterocycles. The van der Waals surface area contributed by atoms with E-state index in [-0.39, 0.29) is 0 Å². The highest BCUT2D eigenvalue weighted by atomic mass is 19.1. The van der Waals surface area contributed by atoms with Gasteiger partial charge in [0.2, 0.25) is 0 Å². The smallest absolute Gasteiger partial charge is 0.305 e. The number of methoxy groups -OCH3 is 1. The monoisotopic (exact) mass is 197 g/mol. The summed E-state index contributed by atoms with van der Waals surface area (Å²) in [6, 6.07) is 0. The van der Waals surface area contributed by atoms with E-state index in [2.05, 4.69) is 9.57 Å². The molecule has 0 saturated heterocycles. The molecule has 0 fully saturated rings. The fraction of sp³-hybridized carbons (Fsp3) is 0.875. The largest absolute Gasteiger partial charge is 0.344 e. The van der Waals surface area contributed by atoms with Crippen LogP contribution in [0.15, 0.2) is 0 Å². The van der Waals surface area contributed by atoms with Gasteiger partial charge in [0.25, 0.3) is 6.36 Å². The van der Waals surface area contributed by atoms with Gasteiger partial charge in [-0.05, 0) is 0 Å². The number of ether oxygens (including phenoxy) is 1. The first kappa shape index (κ1) is 18.2. The van der Waals surface area contributed by atoms with Crippen LogP contribution in [0.3, 0.4) is 0 Å². The summed E-state index contributed by atoms with van der Waals surface area (Å²) in [6.45, 7) is 8.00. The van der Waals surface area contributed by atoms with Crippen LogP contribution in [0.4, 0.5) is 4.39 Å². The predicted molar refractivity (Wildman–Crippen MR) is 49.8 cm³/mol. The summed E-state index contributed by atoms with van der Waals surface area (Å²) in [7, 11) is 2.29. The zero-order chi connectivity index (χ0) is 11.3. The van der Waals surface area contributed by atoms with Gasteiger partial charge in [-0.1, -0.05) is 27.7 Å². The topological polar surface area (TPSA) is 47.6 Å². The Morgan fingerprint density at radius 2 is 1.62 bits per heavy atom. The second-order valence-corrected chi connectivity index (χ2v) is 1.22. The second kappa shape index (κ2) is 17.4. The van der Waals surface area contributed by atoms with Gasteiger partial charge < -0.3 is 4.74 Å². The molecule has 82 valence electrons. The molecule has 5 heteroatoms. The van der Waals surface area contributed by atoms with Crippen molar-refractivity contribution in [3.63, 3.8) is 0 Å². The Hall–Kier alpha value is -0.680. The average Bonchev–Trinajstić information content (AvgIpc) is 2.23. The summed E-state index contributed by atoms with van der Waals surface area (Å²) >= 11 is 0. The molecule has 1 amide bonds. The van der Waals surface area contributed by atoms with Crippen LogP contribution < -0.4 is 5.48 Å². The predicted octanol–water partition coefficient (Wildman–Crippen LogP) is 1.66. The molecule has 0 radical (unpaired) electrons. The molecule has 0 spiro atoms. The van der Waals surface area contributed by atoms with Gasteiger partial charge in [0.15, 0.2) is 0 Å². The number of alkyl halides is 1. The van der Waals surface area contributed by atoms with E-state index < -0.39 is 12.3 Å². The molecule has 0 saturated carbocycles. The summed E-state index contributed by atoms with van der Waals surface area (Å²) in [6.07, 6.45) is -1.95. The highest BCUT2D eigenvalue weighted by Crippen LogP contribution is 1.88. The van der Waals surface area contributed by atoms with Gasteiger partial charge in [0.05, 0.1) is 7.11 Å². The van der Waals surface area contributed by atoms with E-state index in [0.717, 1.165) is 7.11 Å². The van der Waals surface area contributed by atoms with Crippen molar-refractivity contribution in [3.05, 3.63) is 0 Å². The van der Waals surface area contributed by atoms with Gasteiger partial charge in [0.1, 0.15) is 0 Å². The normalized spacial score (nSPS) is 9.77. The third kappa shape index (κ3) is 14.2. The first-order chi connectivity index (χ1) is 6.22. The summed E-state index contributed by atoms with van der Waals surface area (Å²) in [5, 5.41) is 0. The molecule has 0 aromatic heterocycles. The first-order valence-corrected chi connectivity index (χ1v) is 4.22. The zero-order valence-electron chi connectivity index (χ0n) is 9.18. The Labute approximate surface area is 79.4 Å². The minimum absolute atomic E-state index is 0.944. The van der Waals surface area contributed by atoms with Crippen LogP contribution >= 0.6 is 0 Å². The molecule has 13 heavy (non-hydrogen) atoms. The van der Waals surface area contributed by atoms with Crippen LogP contribution in [-0.4, -0.2) is 26.5 Å². The van der Waals surface area contributed by atoms with Gasteiger partial charge in [-0.3, -0.25) is 9.63 Å². The third-order valence-corrected chi connectivity index (χ3v) is 0.616. The van der Waals surface area contributed by atoms with E-state index in [9.17, 15) is 9.18 Å². The van der Waals surface area contributed by atoms with Crippen LogP contribution in [0.5, 0.6) is 0 Å². The van der Waals surface area contributed by atoms with Crippen molar-refractivity contribution >= 4 is 5.91 Å². The van der Waals surface area contributed by atoms with Crippen LogP contribution in [0, 0.1) is 0 Å². The number of amides is 1. The van der Waals surface area contributed by atoms with Crippen molar-refractivity contribution < 1.29 is 18.8 Å². The third-order valence-electron chi connectivity index (χ3n) is 0.616. The zero-order valence-corrected chi connectivity index (χ0v) is 9.18. The van der Waals surface area contributed by atoms with Crippen LogP contribution in [0.1, 0.15) is 27.7 Å². The van der Waals surface area contributed by atoms with Crippen molar-refractivity contribution in [3.8, 4) is 0 Å². The fourth-order valence-electron chi connectivity index (χ4n) is 0.254. The quantitative estimate of drug-likeness (QED) is 0.700. The molecule has 0 aliphatic rings. The Morgan fingerprint density at radius 1 is 1.23 bits per heavy atom. The molecule has 4 nitrogen and oxygen atoms in total. The molecule has 0 rings (SSSR count). The van der Waals surface area contributed by atoms with E-state index in [0.29, 0.717) is 0 Å². The Kier molecular flexibility index (Phi) is 24.3. The van der Waals surface area contributed by atoms with Crippen molar-refractivity contribution in [2.45, 2.75) is 34.1 Å². The maximum Gasteiger partial charge on any atom is 0.305 e. The number of rotatable bonds is 3. The number of hydroxylamine groups is 1. The lowest BCUT2D eigenvalue weighted by molar-refractivity contribution is -0.152. The summed E-state index contributed by atoms with van der Waals surface area (Å²) in [4.78, 5) is 14.3. The van der Waals surface area contributed by atoms with E-state index in [1.807, 2.05) is 27.7 Å². The highest BCUT2D eigenvalue weighted by Gasteiger charge is 2.14. The van der Waals surface area contributed by atoms with Crippen molar-refractivity contribution in [2.75, 3.05) is 14.2 Å². The molecule has 0 aromatic carbocycles. The molecule has 1 N–H and O–H groups in total. The lowest BCUT2D eigenvalue weighted by atomic mass is 10.6. The minimum Gasteiger partial charge on any atom is -0.344 e. The van der Waals surface area contributed by atoms with Crippen LogP contribution in [0.2, 0.25) is 0 Å². The Bertz CT molecular complexity index is 101. The molecule has 1 unspecified atom stereocenters. The van der Waals surface area contributed by atoms with Gasteiger partial charge in [-0.2, -0.15) is 0 Å². The number of carbonyl (C=O) groups excluding carboxylic acids is 1. The maximum absolute atomic E-state index is 12.0. The number of carbonyl (C=O) groups is 1. The van der Waals surface area contributed by atoms with Crippen LogP contribution in [-0.2, 0) is 14.4 Å². The molecule has 0 aromatic rings. The first-order valence-electron chi connectivity index (χ1n) is 4.22. The average molecular weight is 197 g/mol. The molecule has 0 bridgehead atoms. The summed E-state index contributed by atoms with van der Waals surface area (Å²) < 4.78 is 16.0. The van der Waals surface area contributed by atoms with Crippen molar-refractivity contribution in [2.24, 2.45) is 0 Å². The molecular formula is C8H20FNO3. The molecule has 1 atom stereocenters. The molecule has 0 aliphatic carbocycles. The lowest BCUT2D eigenvalue weighted by Crippen LogP contribution is -2.31. The van der Waals surface area contributed by atoms with E-state index >= 15 is 0 Å². The minimum atomic E-state index is -1.95. The van der Waals surface area contributed by atoms with Crippen molar-refractivity contribution in [1.29, 1.82) is 0 Å². The number of nitrogens with one attached hydrogen (secondary N) is 1. The standard InChI is InChI=1S/C4H8FNO3.2C2H6/c1-8-3(5)4(7)6-9-2;2*1-2/h3H,1-2H3,(H,6,7);2*1-2H3. The van der Waals surface area contributed by atoms with Crippen LogP contribution in [0.25, 0.3) is 0 Å². The van der Waals surface area contributed by atoms with Gasteiger partial charge in [-0.25, -0.2) is 9.87 Å². The number of halogens is 1. The second-order valence-electron chi connectivity index (χ2n) is 1.22. The van der Waals surface area contributed by atoms with Crippen molar-refractivity contribution in [1.82, 2.24) is 5.48 Å². The van der Waals surface area contributed by atoms with E-state index in [4.69, 9.17) is 0 Å². The van der Waals surface area contributed by atoms with Gasteiger partial charge in [-0.15, -0.1) is 0 Å². The van der Waals surface area contributed by atoms with Gasteiger partial charge in [0, 0.05) is 7.11 Å². The lowest BCUT2D eigenvalue weighted by Gasteiger charge is -2.03. The number of hydrogen-bond acceptors (Lipinski definition) is 3. The highest BCUT2D eigenvalue weighted by molar-refractivity contribution is 5.78. The maximum atomic E-state index is 12.0. The number of hydrogen-bond donors (Lipinski definition) is 1. The Balaban J connectivity index is -0.000000218. The van der Waals surface area contributed by atoms with E-state index in [1.54, 1.807) is 5.48 Å². The fourth-order valence-corrected chi connectivity index (χ4v) is 0.254. The summed E-state index contributed by atoms with van der Waals surface area (Å²) in [5.74, 6) is -0.944. The summed E-state index contributed by atoms with van der Waals surface area (Å²) in [5.41, 5.74) is 1.76. The Morgan fingerprint density at radius 3 is 1.85 bits per heavy atom.